The molecule has 0 atom stereocenters. The number of thiazole rings is 1. The predicted octanol–water partition coefficient (Wildman–Crippen LogP) is 4.91. The molecule has 0 spiro atoms. The van der Waals surface area contributed by atoms with Crippen LogP contribution in [0, 0.1) is 6.92 Å². The third-order valence-electron chi connectivity index (χ3n) is 5.45. The Morgan fingerprint density at radius 3 is 2.53 bits per heavy atom. The molecule has 1 N–H and O–H groups in total. The number of nitrogens with zero attached hydrogens (tertiary/aromatic N) is 3. The highest BCUT2D eigenvalue weighted by molar-refractivity contribution is 7.16. The number of nitrogens with one attached hydrogen (secondary N) is 1. The van der Waals surface area contributed by atoms with Gasteiger partial charge in [0.15, 0.2) is 5.69 Å². The van der Waals surface area contributed by atoms with Crippen molar-refractivity contribution in [1.29, 1.82) is 0 Å². The van der Waals surface area contributed by atoms with E-state index in [4.69, 9.17) is 0 Å². The fourth-order valence-electron chi connectivity index (χ4n) is 3.78. The first-order valence-corrected chi connectivity index (χ1v) is 12.6. The molecule has 3 heterocycles. The van der Waals surface area contributed by atoms with Crippen molar-refractivity contribution in [3.8, 4) is 10.6 Å². The van der Waals surface area contributed by atoms with E-state index >= 15 is 0 Å². The minimum absolute atomic E-state index is 0.209. The third kappa shape index (κ3) is 4.69. The van der Waals surface area contributed by atoms with Gasteiger partial charge in [0.1, 0.15) is 0 Å². The Morgan fingerprint density at radius 2 is 1.76 bits per heavy atom. The van der Waals surface area contributed by atoms with Gasteiger partial charge in [-0.1, -0.05) is 48.5 Å². The number of benzene rings is 2. The van der Waals surface area contributed by atoms with Gasteiger partial charge in [0.25, 0.3) is 11.5 Å². The summed E-state index contributed by atoms with van der Waals surface area (Å²) in [5, 5.41) is 11.6. The number of carbonyl (C=O) groups is 1. The average Bonchev–Trinajstić information content (AvgIpc) is 3.50. The largest absolute Gasteiger partial charge is 0.350 e. The first-order valence-electron chi connectivity index (χ1n) is 10.9. The molecule has 34 heavy (non-hydrogen) atoms. The SMILES string of the molecule is Cc1nc(-c2ccc(CCNC(=O)c3nn(Cc4ccccc4)c(=O)c4ccccc34)s2)cs1. The Morgan fingerprint density at radius 1 is 1.00 bits per heavy atom. The molecule has 5 aromatic rings. The van der Waals surface area contributed by atoms with Gasteiger partial charge in [0.05, 0.1) is 27.5 Å². The number of hydrogen-bond donors (Lipinski definition) is 1. The first-order chi connectivity index (χ1) is 16.6. The van der Waals surface area contributed by atoms with Crippen molar-refractivity contribution < 1.29 is 4.79 Å². The fourth-order valence-corrected chi connectivity index (χ4v) is 5.43. The molecule has 0 fully saturated rings. The lowest BCUT2D eigenvalue weighted by Crippen LogP contribution is -2.31. The second kappa shape index (κ2) is 9.70. The van der Waals surface area contributed by atoms with Crippen LogP contribution in [0.25, 0.3) is 21.3 Å². The lowest BCUT2D eigenvalue weighted by atomic mass is 10.1. The smallest absolute Gasteiger partial charge is 0.274 e. The molecule has 6 nitrogen and oxygen atoms in total. The summed E-state index contributed by atoms with van der Waals surface area (Å²) in [5.41, 5.74) is 2.00. The van der Waals surface area contributed by atoms with Crippen molar-refractivity contribution in [1.82, 2.24) is 20.1 Å². The second-order valence-electron chi connectivity index (χ2n) is 7.87. The van der Waals surface area contributed by atoms with Crippen molar-refractivity contribution in [2.45, 2.75) is 19.9 Å². The zero-order chi connectivity index (χ0) is 23.5. The van der Waals surface area contributed by atoms with Crippen molar-refractivity contribution >= 4 is 39.4 Å². The summed E-state index contributed by atoms with van der Waals surface area (Å²) in [6.45, 7) is 2.78. The molecule has 0 radical (unpaired) electrons. The molecular formula is C26H22N4O2S2. The summed E-state index contributed by atoms with van der Waals surface area (Å²) in [6.07, 6.45) is 0.709. The Bertz CT molecular complexity index is 1520. The van der Waals surface area contributed by atoms with Gasteiger partial charge in [-0.05, 0) is 37.1 Å². The monoisotopic (exact) mass is 486 g/mol. The Labute approximate surface area is 204 Å². The summed E-state index contributed by atoms with van der Waals surface area (Å²) in [7, 11) is 0. The maximum atomic E-state index is 13.1. The number of aromatic nitrogens is 3. The van der Waals surface area contributed by atoms with Gasteiger partial charge in [0, 0.05) is 22.2 Å². The van der Waals surface area contributed by atoms with Crippen LogP contribution in [0.2, 0.25) is 0 Å². The standard InChI is InChI=1S/C26H22N4O2S2/c1-17-28-22(16-33-17)23-12-11-19(34-23)13-14-27-25(31)24-20-9-5-6-10-21(20)26(32)30(29-24)15-18-7-3-2-4-8-18/h2-12,16H,13-15H2,1H3,(H,27,31). The van der Waals surface area contributed by atoms with E-state index in [0.717, 1.165) is 21.1 Å². The summed E-state index contributed by atoms with van der Waals surface area (Å²) in [4.78, 5) is 32.9. The highest BCUT2D eigenvalue weighted by Gasteiger charge is 2.17. The minimum Gasteiger partial charge on any atom is -0.350 e. The maximum absolute atomic E-state index is 13.1. The zero-order valence-corrected chi connectivity index (χ0v) is 20.2. The molecule has 0 saturated heterocycles. The highest BCUT2D eigenvalue weighted by Crippen LogP contribution is 2.29. The molecule has 5 rings (SSSR count). The van der Waals surface area contributed by atoms with Crippen molar-refractivity contribution in [3.63, 3.8) is 0 Å². The number of amides is 1. The number of aryl methyl sites for hydroxylation is 1. The van der Waals surface area contributed by atoms with E-state index in [0.29, 0.717) is 30.3 Å². The van der Waals surface area contributed by atoms with Crippen LogP contribution in [0.5, 0.6) is 0 Å². The minimum atomic E-state index is -0.287. The summed E-state index contributed by atoms with van der Waals surface area (Å²) < 4.78 is 1.37. The van der Waals surface area contributed by atoms with Crippen LogP contribution in [0.1, 0.15) is 25.9 Å². The lowest BCUT2D eigenvalue weighted by Gasteiger charge is -2.11. The Balaban J connectivity index is 1.34. The second-order valence-corrected chi connectivity index (χ2v) is 10.1. The van der Waals surface area contributed by atoms with Gasteiger partial charge in [-0.2, -0.15) is 5.10 Å². The molecule has 1 amide bonds. The molecule has 0 unspecified atom stereocenters. The molecule has 0 saturated carbocycles. The number of thiophene rings is 1. The Kier molecular flexibility index (Phi) is 6.33. The number of fused-ring (bicyclic) bond motifs is 1. The van der Waals surface area contributed by atoms with Gasteiger partial charge >= 0.3 is 0 Å². The van der Waals surface area contributed by atoms with Gasteiger partial charge in [-0.3, -0.25) is 9.59 Å². The fraction of sp³-hybridized carbons (Fsp3) is 0.154. The molecule has 0 aliphatic rings. The van der Waals surface area contributed by atoms with E-state index < -0.39 is 0 Å². The van der Waals surface area contributed by atoms with Crippen LogP contribution in [0.4, 0.5) is 0 Å². The predicted molar refractivity (Wildman–Crippen MR) is 138 cm³/mol. The van der Waals surface area contributed by atoms with E-state index in [-0.39, 0.29) is 17.2 Å². The molecular weight excluding hydrogens is 464 g/mol. The van der Waals surface area contributed by atoms with Gasteiger partial charge in [-0.25, -0.2) is 9.67 Å². The number of carbonyl (C=O) groups excluding carboxylic acids is 1. The van der Waals surface area contributed by atoms with E-state index in [1.807, 2.05) is 43.3 Å². The quantitative estimate of drug-likeness (QED) is 0.355. The molecule has 2 aromatic carbocycles. The molecule has 170 valence electrons. The molecule has 0 bridgehead atoms. The van der Waals surface area contributed by atoms with Crippen LogP contribution in [-0.2, 0) is 13.0 Å². The molecule has 0 aliphatic carbocycles. The number of hydrogen-bond acceptors (Lipinski definition) is 6. The van der Waals surface area contributed by atoms with Gasteiger partial charge in [-0.15, -0.1) is 22.7 Å². The van der Waals surface area contributed by atoms with Crippen LogP contribution < -0.4 is 10.9 Å². The molecule has 0 aliphatic heterocycles. The maximum Gasteiger partial charge on any atom is 0.274 e. The third-order valence-corrected chi connectivity index (χ3v) is 7.39. The topological polar surface area (TPSA) is 76.9 Å². The summed E-state index contributed by atoms with van der Waals surface area (Å²) in [5.74, 6) is -0.287. The normalized spacial score (nSPS) is 11.1. The van der Waals surface area contributed by atoms with Gasteiger partial charge < -0.3 is 5.32 Å². The zero-order valence-electron chi connectivity index (χ0n) is 18.5. The highest BCUT2D eigenvalue weighted by atomic mass is 32.1. The van der Waals surface area contributed by atoms with Crippen LogP contribution in [-0.4, -0.2) is 27.2 Å². The summed E-state index contributed by atoms with van der Waals surface area (Å²) in [6, 6.07) is 20.9. The molecule has 8 heteroatoms. The first kappa shape index (κ1) is 22.2. The van der Waals surface area contributed by atoms with Crippen LogP contribution >= 0.6 is 22.7 Å². The van der Waals surface area contributed by atoms with Crippen molar-refractivity contribution in [2.24, 2.45) is 0 Å². The van der Waals surface area contributed by atoms with Crippen LogP contribution in [0.15, 0.2) is 76.9 Å². The van der Waals surface area contributed by atoms with E-state index in [1.165, 1.54) is 9.56 Å². The van der Waals surface area contributed by atoms with E-state index in [2.05, 4.69) is 32.9 Å². The average molecular weight is 487 g/mol. The van der Waals surface area contributed by atoms with Crippen LogP contribution in [0.3, 0.4) is 0 Å². The molecule has 3 aromatic heterocycles. The van der Waals surface area contributed by atoms with Gasteiger partial charge in [0.2, 0.25) is 0 Å². The van der Waals surface area contributed by atoms with E-state index in [1.54, 1.807) is 40.9 Å². The van der Waals surface area contributed by atoms with Crippen molar-refractivity contribution in [3.05, 3.63) is 104 Å². The Hall–Kier alpha value is -3.62. The lowest BCUT2D eigenvalue weighted by molar-refractivity contribution is 0.0948. The number of rotatable bonds is 7. The summed E-state index contributed by atoms with van der Waals surface area (Å²) >= 11 is 3.33. The van der Waals surface area contributed by atoms with E-state index in [9.17, 15) is 9.59 Å². The van der Waals surface area contributed by atoms with Crippen molar-refractivity contribution in [2.75, 3.05) is 6.54 Å².